The van der Waals surface area contributed by atoms with E-state index >= 15 is 0 Å². The van der Waals surface area contributed by atoms with Gasteiger partial charge in [-0.2, -0.15) is 14.7 Å². The fourth-order valence-corrected chi connectivity index (χ4v) is 1.09. The van der Waals surface area contributed by atoms with Crippen molar-refractivity contribution in [2.45, 2.75) is 5.97 Å². The van der Waals surface area contributed by atoms with E-state index in [1.165, 1.54) is 0 Å². The zero-order valence-corrected chi connectivity index (χ0v) is 6.62. The highest BCUT2D eigenvalue weighted by Crippen LogP contribution is 2.41. The molecule has 1 heterocycles. The highest BCUT2D eigenvalue weighted by molar-refractivity contribution is 6.30. The second-order valence-electron chi connectivity index (χ2n) is 2.32. The second-order valence-corrected chi connectivity index (χ2v) is 2.76. The van der Waals surface area contributed by atoms with E-state index in [0.717, 1.165) is 0 Å². The zero-order chi connectivity index (χ0) is 8.60. The summed E-state index contributed by atoms with van der Waals surface area (Å²) in [5.74, 6) is -1.45. The molecule has 1 fully saturated rings. The Morgan fingerprint density at radius 1 is 1.42 bits per heavy atom. The molecular weight excluding hydrogens is 184 g/mol. The van der Waals surface area contributed by atoms with E-state index in [1.54, 1.807) is 24.3 Å². The quantitative estimate of drug-likeness (QED) is 0.438. The highest BCUT2D eigenvalue weighted by atomic mass is 35.5. The fourth-order valence-electron chi connectivity index (χ4n) is 0.896. The summed E-state index contributed by atoms with van der Waals surface area (Å²) in [5.41, 5.74) is 0.512. The Labute approximate surface area is 73.1 Å². The lowest BCUT2D eigenvalue weighted by molar-refractivity contribution is -0.334. The molecular formula is C7H5ClO4. The first-order valence-corrected chi connectivity index (χ1v) is 3.60. The molecule has 0 amide bonds. The van der Waals surface area contributed by atoms with Crippen molar-refractivity contribution in [2.75, 3.05) is 0 Å². The molecule has 1 aliphatic heterocycles. The van der Waals surface area contributed by atoms with Gasteiger partial charge >= 0.3 is 5.97 Å². The zero-order valence-electron chi connectivity index (χ0n) is 5.86. The third kappa shape index (κ3) is 1.20. The first-order chi connectivity index (χ1) is 5.77. The lowest BCUT2D eigenvalue weighted by Gasteiger charge is -2.02. The molecule has 64 valence electrons. The van der Waals surface area contributed by atoms with Crippen LogP contribution in [0.25, 0.3) is 0 Å². The first-order valence-electron chi connectivity index (χ1n) is 3.22. The van der Waals surface area contributed by atoms with Crippen molar-refractivity contribution in [1.29, 1.82) is 0 Å². The van der Waals surface area contributed by atoms with Crippen LogP contribution in [0.15, 0.2) is 24.3 Å². The van der Waals surface area contributed by atoms with Crippen molar-refractivity contribution >= 4 is 11.6 Å². The number of rotatable bonds is 2. The SMILES string of the molecule is OOC1(c2cccc(Cl)c2)OO1. The van der Waals surface area contributed by atoms with E-state index in [-0.39, 0.29) is 0 Å². The topological polar surface area (TPSA) is 54.5 Å². The maximum absolute atomic E-state index is 8.41. The van der Waals surface area contributed by atoms with E-state index in [0.29, 0.717) is 10.6 Å². The van der Waals surface area contributed by atoms with Gasteiger partial charge < -0.3 is 0 Å². The van der Waals surface area contributed by atoms with Gasteiger partial charge in [0.05, 0.1) is 0 Å². The van der Waals surface area contributed by atoms with Crippen LogP contribution in [0.3, 0.4) is 0 Å². The molecule has 12 heavy (non-hydrogen) atoms. The average Bonchev–Trinajstić information content (AvgIpc) is 2.84. The standard InChI is InChI=1S/C7H5ClO4/c8-6-3-1-2-5(4-6)7(10-9)11-12-7/h1-4,9H. The maximum atomic E-state index is 8.41. The van der Waals surface area contributed by atoms with Crippen LogP contribution in [0.2, 0.25) is 5.02 Å². The molecule has 4 nitrogen and oxygen atoms in total. The van der Waals surface area contributed by atoms with Crippen molar-refractivity contribution in [1.82, 2.24) is 0 Å². The number of hydrogen-bond donors (Lipinski definition) is 1. The molecule has 1 aromatic rings. The molecule has 1 N–H and O–H groups in total. The summed E-state index contributed by atoms with van der Waals surface area (Å²) in [6, 6.07) is 6.63. The van der Waals surface area contributed by atoms with Crippen molar-refractivity contribution in [2.24, 2.45) is 0 Å². The monoisotopic (exact) mass is 188 g/mol. The minimum atomic E-state index is -1.45. The smallest absolute Gasteiger partial charge is 0.246 e. The Bertz CT molecular complexity index is 297. The van der Waals surface area contributed by atoms with Crippen LogP contribution in [0.5, 0.6) is 0 Å². The van der Waals surface area contributed by atoms with Gasteiger partial charge in [-0.1, -0.05) is 23.7 Å². The molecule has 1 aliphatic rings. The molecule has 0 aliphatic carbocycles. The van der Waals surface area contributed by atoms with Crippen LogP contribution in [-0.4, -0.2) is 5.26 Å². The summed E-state index contributed by atoms with van der Waals surface area (Å²) in [7, 11) is 0. The second kappa shape index (κ2) is 2.69. The van der Waals surface area contributed by atoms with Crippen LogP contribution in [0.4, 0.5) is 0 Å². The van der Waals surface area contributed by atoms with Crippen LogP contribution in [0, 0.1) is 0 Å². The molecule has 0 bridgehead atoms. The van der Waals surface area contributed by atoms with Gasteiger partial charge in [0.25, 0.3) is 0 Å². The predicted molar refractivity (Wildman–Crippen MR) is 39.0 cm³/mol. The largest absolute Gasteiger partial charge is 0.392 e. The third-order valence-electron chi connectivity index (χ3n) is 1.53. The Hall–Kier alpha value is -0.650. The van der Waals surface area contributed by atoms with E-state index < -0.39 is 5.97 Å². The summed E-state index contributed by atoms with van der Waals surface area (Å²) < 4.78 is 0. The summed E-state index contributed by atoms with van der Waals surface area (Å²) in [6.07, 6.45) is 0. The van der Waals surface area contributed by atoms with Gasteiger partial charge in [-0.15, -0.1) is 0 Å². The van der Waals surface area contributed by atoms with Gasteiger partial charge in [-0.3, -0.25) is 0 Å². The summed E-state index contributed by atoms with van der Waals surface area (Å²) in [5, 5.41) is 8.92. The van der Waals surface area contributed by atoms with Crippen LogP contribution >= 0.6 is 11.6 Å². The van der Waals surface area contributed by atoms with Crippen molar-refractivity contribution < 1.29 is 19.9 Å². The first kappa shape index (κ1) is 7.97. The van der Waals surface area contributed by atoms with Crippen LogP contribution in [0.1, 0.15) is 5.56 Å². The van der Waals surface area contributed by atoms with Crippen LogP contribution in [-0.2, 0) is 20.6 Å². The molecule has 0 saturated carbocycles. The lowest BCUT2D eigenvalue weighted by Crippen LogP contribution is -2.10. The minimum Gasteiger partial charge on any atom is -0.246 e. The van der Waals surface area contributed by atoms with Gasteiger partial charge in [0.1, 0.15) is 0 Å². The highest BCUT2D eigenvalue weighted by Gasteiger charge is 2.54. The molecule has 2 rings (SSSR count). The van der Waals surface area contributed by atoms with Gasteiger partial charge in [0.15, 0.2) is 0 Å². The lowest BCUT2D eigenvalue weighted by atomic mass is 10.2. The predicted octanol–water partition coefficient (Wildman–Crippen LogP) is 1.90. The maximum Gasteiger partial charge on any atom is 0.392 e. The molecule has 0 radical (unpaired) electrons. The molecule has 0 atom stereocenters. The summed E-state index contributed by atoms with van der Waals surface area (Å²) in [6.45, 7) is 0. The normalized spacial score (nSPS) is 19.2. The molecule has 0 aromatic heterocycles. The number of benzene rings is 1. The van der Waals surface area contributed by atoms with Gasteiger partial charge in [0.2, 0.25) is 0 Å². The number of halogens is 1. The molecule has 5 heteroatoms. The van der Waals surface area contributed by atoms with Gasteiger partial charge in [-0.05, 0) is 12.1 Å². The van der Waals surface area contributed by atoms with Crippen LogP contribution < -0.4 is 0 Å². The molecule has 1 saturated heterocycles. The Morgan fingerprint density at radius 3 is 2.67 bits per heavy atom. The van der Waals surface area contributed by atoms with E-state index in [2.05, 4.69) is 14.7 Å². The third-order valence-corrected chi connectivity index (χ3v) is 1.77. The van der Waals surface area contributed by atoms with E-state index in [9.17, 15) is 0 Å². The molecule has 0 unspecified atom stereocenters. The van der Waals surface area contributed by atoms with Crippen molar-refractivity contribution in [3.8, 4) is 0 Å². The Morgan fingerprint density at radius 2 is 2.17 bits per heavy atom. The van der Waals surface area contributed by atoms with Gasteiger partial charge in [-0.25, -0.2) is 5.26 Å². The van der Waals surface area contributed by atoms with E-state index in [1.807, 2.05) is 0 Å². The Kier molecular flexibility index (Phi) is 1.79. The number of hydrogen-bond acceptors (Lipinski definition) is 4. The van der Waals surface area contributed by atoms with Crippen molar-refractivity contribution in [3.63, 3.8) is 0 Å². The average molecular weight is 189 g/mol. The fraction of sp³-hybridized carbons (Fsp3) is 0.143. The minimum absolute atomic E-state index is 0.512. The molecule has 0 spiro atoms. The van der Waals surface area contributed by atoms with Gasteiger partial charge in [0, 0.05) is 10.6 Å². The molecule has 1 aromatic carbocycles. The van der Waals surface area contributed by atoms with E-state index in [4.69, 9.17) is 16.9 Å². The summed E-state index contributed by atoms with van der Waals surface area (Å²) in [4.78, 5) is 12.9. The Balaban J connectivity index is 2.34. The van der Waals surface area contributed by atoms with Crippen molar-refractivity contribution in [3.05, 3.63) is 34.9 Å². The summed E-state index contributed by atoms with van der Waals surface area (Å²) >= 11 is 5.69.